The van der Waals surface area contributed by atoms with E-state index in [0.29, 0.717) is 12.8 Å². The van der Waals surface area contributed by atoms with Gasteiger partial charge in [0.15, 0.2) is 0 Å². The van der Waals surface area contributed by atoms with Crippen LogP contribution in [-0.2, 0) is 4.79 Å². The van der Waals surface area contributed by atoms with Gasteiger partial charge in [-0.25, -0.2) is 0 Å². The average Bonchev–Trinajstić information content (AvgIpc) is 2.86. The maximum absolute atomic E-state index is 12.3. The third-order valence-corrected chi connectivity index (χ3v) is 7.07. The lowest BCUT2D eigenvalue weighted by molar-refractivity contribution is -0.132. The van der Waals surface area contributed by atoms with E-state index in [1.165, 1.54) is 83.5 Å². The van der Waals surface area contributed by atoms with Gasteiger partial charge in [0.1, 0.15) is 12.2 Å². The van der Waals surface area contributed by atoms with Crippen molar-refractivity contribution in [2.45, 2.75) is 173 Å². The summed E-state index contributed by atoms with van der Waals surface area (Å²) in [4.78, 5) is 12.3. The van der Waals surface area contributed by atoms with Gasteiger partial charge in [-0.15, -0.1) is 0 Å². The molecule has 4 atom stereocenters. The van der Waals surface area contributed by atoms with Crippen molar-refractivity contribution in [1.82, 2.24) is 5.32 Å². The van der Waals surface area contributed by atoms with Gasteiger partial charge < -0.3 is 25.7 Å². The Hall–Kier alpha value is -0.690. The van der Waals surface area contributed by atoms with Crippen molar-refractivity contribution in [1.29, 1.82) is 0 Å². The first kappa shape index (κ1) is 34.3. The Balaban J connectivity index is 3.89. The Morgan fingerprint density at radius 3 is 1.37 bits per heavy atom. The largest absolute Gasteiger partial charge is 0.394 e. The van der Waals surface area contributed by atoms with E-state index < -0.39 is 36.9 Å². The van der Waals surface area contributed by atoms with Crippen LogP contribution in [0.1, 0.15) is 149 Å². The highest BCUT2D eigenvalue weighted by Crippen LogP contribution is 2.15. The molecule has 0 saturated heterocycles. The lowest BCUT2D eigenvalue weighted by atomic mass is 9.99. The Morgan fingerprint density at radius 1 is 0.600 bits per heavy atom. The summed E-state index contributed by atoms with van der Waals surface area (Å²) in [6, 6.07) is -0.973. The molecule has 0 spiro atoms. The molecule has 0 aliphatic carbocycles. The summed E-state index contributed by atoms with van der Waals surface area (Å²) in [7, 11) is 0. The number of aliphatic hydroxyl groups is 4. The normalized spacial score (nSPS) is 15.0. The van der Waals surface area contributed by atoms with Crippen LogP contribution in [0.25, 0.3) is 0 Å². The molecule has 0 aromatic rings. The highest BCUT2D eigenvalue weighted by atomic mass is 16.3. The van der Waals surface area contributed by atoms with E-state index in [0.717, 1.165) is 38.5 Å². The van der Waals surface area contributed by atoms with E-state index in [1.54, 1.807) is 0 Å². The fourth-order valence-corrected chi connectivity index (χ4v) is 4.58. The standard InChI is InChI=1S/C29H59NO5/c1-3-5-7-9-11-12-13-14-15-17-19-21-23-27(33)29(35)30-25(24-31)28(34)26(32)22-20-18-16-10-8-6-4-2/h25-28,31-34H,3-24H2,1-2H3,(H,30,35). The first-order valence-electron chi connectivity index (χ1n) is 14.9. The zero-order valence-corrected chi connectivity index (χ0v) is 23.1. The molecule has 0 aromatic carbocycles. The molecule has 35 heavy (non-hydrogen) atoms. The molecule has 0 rings (SSSR count). The summed E-state index contributed by atoms with van der Waals surface area (Å²) in [5.41, 5.74) is 0. The van der Waals surface area contributed by atoms with Crippen molar-refractivity contribution in [2.75, 3.05) is 6.61 Å². The second kappa shape index (κ2) is 25.0. The molecule has 6 nitrogen and oxygen atoms in total. The first-order valence-corrected chi connectivity index (χ1v) is 14.9. The number of rotatable bonds is 26. The van der Waals surface area contributed by atoms with Gasteiger partial charge in [0.25, 0.3) is 0 Å². The van der Waals surface area contributed by atoms with Crippen LogP contribution in [0, 0.1) is 0 Å². The highest BCUT2D eigenvalue weighted by Gasteiger charge is 2.28. The van der Waals surface area contributed by atoms with Crippen LogP contribution in [0.5, 0.6) is 0 Å². The molecule has 0 heterocycles. The van der Waals surface area contributed by atoms with E-state index in [9.17, 15) is 25.2 Å². The Labute approximate surface area is 216 Å². The maximum atomic E-state index is 12.3. The second-order valence-corrected chi connectivity index (χ2v) is 10.5. The smallest absolute Gasteiger partial charge is 0.249 e. The van der Waals surface area contributed by atoms with Crippen LogP contribution in [0.3, 0.4) is 0 Å². The molecule has 0 aliphatic heterocycles. The molecule has 0 aromatic heterocycles. The van der Waals surface area contributed by atoms with Crippen molar-refractivity contribution in [3.8, 4) is 0 Å². The van der Waals surface area contributed by atoms with Gasteiger partial charge in [-0.05, 0) is 12.8 Å². The van der Waals surface area contributed by atoms with E-state index in [-0.39, 0.29) is 0 Å². The molecule has 4 unspecified atom stereocenters. The molecule has 210 valence electrons. The third kappa shape index (κ3) is 20.1. The fourth-order valence-electron chi connectivity index (χ4n) is 4.58. The van der Waals surface area contributed by atoms with Crippen LogP contribution in [0.4, 0.5) is 0 Å². The van der Waals surface area contributed by atoms with Gasteiger partial charge in [-0.2, -0.15) is 0 Å². The SMILES string of the molecule is CCCCCCCCCCCCCCC(O)C(=O)NC(CO)C(O)C(O)CCCCCCCCC. The van der Waals surface area contributed by atoms with E-state index in [2.05, 4.69) is 19.2 Å². The van der Waals surface area contributed by atoms with Crippen molar-refractivity contribution in [3.63, 3.8) is 0 Å². The first-order chi connectivity index (χ1) is 17.0. The minimum Gasteiger partial charge on any atom is -0.394 e. The second-order valence-electron chi connectivity index (χ2n) is 10.5. The van der Waals surface area contributed by atoms with Gasteiger partial charge in [0.2, 0.25) is 5.91 Å². The Kier molecular flexibility index (Phi) is 24.5. The number of carbonyl (C=O) groups excluding carboxylic acids is 1. The minimum absolute atomic E-state index is 0.373. The van der Waals surface area contributed by atoms with Gasteiger partial charge in [0.05, 0.1) is 18.8 Å². The van der Waals surface area contributed by atoms with E-state index in [4.69, 9.17) is 0 Å². The van der Waals surface area contributed by atoms with Gasteiger partial charge in [-0.3, -0.25) is 4.79 Å². The van der Waals surface area contributed by atoms with Crippen LogP contribution in [0.15, 0.2) is 0 Å². The molecule has 0 saturated carbocycles. The number of carbonyl (C=O) groups is 1. The summed E-state index contributed by atoms with van der Waals surface area (Å²) in [5.74, 6) is -0.589. The predicted molar refractivity (Wildman–Crippen MR) is 145 cm³/mol. The maximum Gasteiger partial charge on any atom is 0.249 e. The van der Waals surface area contributed by atoms with Crippen LogP contribution < -0.4 is 5.32 Å². The zero-order chi connectivity index (χ0) is 26.2. The Morgan fingerprint density at radius 2 is 0.971 bits per heavy atom. The van der Waals surface area contributed by atoms with Gasteiger partial charge in [-0.1, -0.05) is 136 Å². The van der Waals surface area contributed by atoms with Crippen molar-refractivity contribution >= 4 is 5.91 Å². The number of hydrogen-bond donors (Lipinski definition) is 5. The number of unbranched alkanes of at least 4 members (excludes halogenated alkanes) is 17. The molecule has 0 aliphatic rings. The molecule has 6 heteroatoms. The molecule has 5 N–H and O–H groups in total. The number of hydrogen-bond acceptors (Lipinski definition) is 5. The van der Waals surface area contributed by atoms with Crippen molar-refractivity contribution in [2.24, 2.45) is 0 Å². The summed E-state index contributed by atoms with van der Waals surface area (Å²) in [5, 5.41) is 42.9. The molecule has 1 amide bonds. The van der Waals surface area contributed by atoms with Gasteiger partial charge >= 0.3 is 0 Å². The summed E-state index contributed by atoms with van der Waals surface area (Å²) < 4.78 is 0. The lowest BCUT2D eigenvalue weighted by Crippen LogP contribution is -2.53. The quantitative estimate of drug-likeness (QED) is 0.0965. The van der Waals surface area contributed by atoms with Crippen molar-refractivity contribution in [3.05, 3.63) is 0 Å². The molecule has 0 fully saturated rings. The average molecular weight is 502 g/mol. The van der Waals surface area contributed by atoms with Gasteiger partial charge in [0, 0.05) is 0 Å². The number of amides is 1. The summed E-state index contributed by atoms with van der Waals surface area (Å²) >= 11 is 0. The molecular formula is C29H59NO5. The number of aliphatic hydroxyl groups excluding tert-OH is 4. The number of nitrogens with one attached hydrogen (secondary N) is 1. The molecular weight excluding hydrogens is 442 g/mol. The highest BCUT2D eigenvalue weighted by molar-refractivity contribution is 5.80. The van der Waals surface area contributed by atoms with Crippen LogP contribution >= 0.6 is 0 Å². The fraction of sp³-hybridized carbons (Fsp3) is 0.966. The molecule has 0 bridgehead atoms. The lowest BCUT2D eigenvalue weighted by Gasteiger charge is -2.27. The zero-order valence-electron chi connectivity index (χ0n) is 23.1. The monoisotopic (exact) mass is 501 g/mol. The molecule has 0 radical (unpaired) electrons. The topological polar surface area (TPSA) is 110 Å². The summed E-state index contributed by atoms with van der Waals surface area (Å²) in [6.07, 6.45) is 19.9. The predicted octanol–water partition coefficient (Wildman–Crippen LogP) is 5.78. The Bertz CT molecular complexity index is 462. The van der Waals surface area contributed by atoms with E-state index >= 15 is 0 Å². The van der Waals surface area contributed by atoms with Crippen LogP contribution in [-0.4, -0.2) is 57.3 Å². The summed E-state index contributed by atoms with van der Waals surface area (Å²) in [6.45, 7) is 3.95. The third-order valence-electron chi connectivity index (χ3n) is 7.07. The van der Waals surface area contributed by atoms with Crippen molar-refractivity contribution < 1.29 is 25.2 Å². The minimum atomic E-state index is -1.25. The van der Waals surface area contributed by atoms with E-state index in [1.807, 2.05) is 0 Å². The van der Waals surface area contributed by atoms with Crippen LogP contribution in [0.2, 0.25) is 0 Å².